The maximum absolute atomic E-state index is 5.41. The van der Waals surface area contributed by atoms with Gasteiger partial charge in [0.15, 0.2) is 0 Å². The number of hydrogen-bond donors (Lipinski definition) is 1. The normalized spacial score (nSPS) is 9.54. The first kappa shape index (κ1) is 9.83. The number of aryl methyl sites for hydroxylation is 1. The molecule has 1 rings (SSSR count). The summed E-state index contributed by atoms with van der Waals surface area (Å²) in [7, 11) is 0. The van der Waals surface area contributed by atoms with Gasteiger partial charge in [-0.05, 0) is 43.5 Å². The van der Waals surface area contributed by atoms with E-state index in [1.807, 2.05) is 12.1 Å². The second-order valence-electron chi connectivity index (χ2n) is 3.09. The van der Waals surface area contributed by atoms with Gasteiger partial charge in [0.1, 0.15) is 0 Å². The van der Waals surface area contributed by atoms with Gasteiger partial charge in [-0.1, -0.05) is 18.1 Å². The van der Waals surface area contributed by atoms with Crippen LogP contribution < -0.4 is 5.73 Å². The molecule has 0 amide bonds. The van der Waals surface area contributed by atoms with Gasteiger partial charge in [0.05, 0.1) is 0 Å². The molecule has 13 heavy (non-hydrogen) atoms. The first-order valence-corrected chi connectivity index (χ1v) is 4.62. The molecule has 0 saturated carbocycles. The molecule has 0 bridgehead atoms. The third-order valence-corrected chi connectivity index (χ3v) is 2.04. The number of rotatable bonds is 4. The summed E-state index contributed by atoms with van der Waals surface area (Å²) >= 11 is 0. The highest BCUT2D eigenvalue weighted by Gasteiger charge is 1.92. The van der Waals surface area contributed by atoms with Crippen LogP contribution in [0.3, 0.4) is 0 Å². The molecule has 0 saturated heterocycles. The van der Waals surface area contributed by atoms with Crippen molar-refractivity contribution in [2.75, 3.05) is 6.54 Å². The van der Waals surface area contributed by atoms with Crippen LogP contribution in [0.5, 0.6) is 0 Å². The van der Waals surface area contributed by atoms with E-state index in [0.717, 1.165) is 31.4 Å². The lowest BCUT2D eigenvalue weighted by Gasteiger charge is -2.00. The Morgan fingerprint density at radius 2 is 1.85 bits per heavy atom. The first-order valence-electron chi connectivity index (χ1n) is 4.62. The smallest absolute Gasteiger partial charge is 0.0242 e. The summed E-state index contributed by atoms with van der Waals surface area (Å²) in [4.78, 5) is 0. The molecule has 0 aliphatic rings. The molecule has 0 heterocycles. The average molecular weight is 173 g/mol. The van der Waals surface area contributed by atoms with E-state index in [1.165, 1.54) is 5.56 Å². The van der Waals surface area contributed by atoms with Gasteiger partial charge in [0, 0.05) is 5.56 Å². The highest BCUT2D eigenvalue weighted by molar-refractivity contribution is 5.34. The van der Waals surface area contributed by atoms with E-state index in [9.17, 15) is 0 Å². The zero-order chi connectivity index (χ0) is 9.52. The molecular weight excluding hydrogens is 158 g/mol. The summed E-state index contributed by atoms with van der Waals surface area (Å²) in [6, 6.07) is 8.15. The Labute approximate surface area is 80.0 Å². The molecule has 2 N–H and O–H groups in total. The Balaban J connectivity index is 2.46. The minimum atomic E-state index is 0.780. The predicted molar refractivity (Wildman–Crippen MR) is 56.4 cm³/mol. The van der Waals surface area contributed by atoms with Gasteiger partial charge in [0.25, 0.3) is 0 Å². The Kier molecular flexibility index (Phi) is 4.08. The molecule has 1 aromatic rings. The predicted octanol–water partition coefficient (Wildman–Crippen LogP) is 1.95. The molecule has 1 nitrogen and oxygen atoms in total. The lowest BCUT2D eigenvalue weighted by molar-refractivity contribution is 0.745. The van der Waals surface area contributed by atoms with Crippen molar-refractivity contribution < 1.29 is 0 Å². The second kappa shape index (κ2) is 5.40. The van der Waals surface area contributed by atoms with E-state index in [4.69, 9.17) is 12.2 Å². The molecule has 0 aromatic heterocycles. The van der Waals surface area contributed by atoms with Crippen LogP contribution in [0.4, 0.5) is 0 Å². The third-order valence-electron chi connectivity index (χ3n) is 2.04. The highest BCUT2D eigenvalue weighted by Crippen LogP contribution is 2.06. The SMILES string of the molecule is C#Cc1ccc(CCCCN)cc1. The van der Waals surface area contributed by atoms with Gasteiger partial charge in [-0.2, -0.15) is 0 Å². The summed E-state index contributed by atoms with van der Waals surface area (Å²) in [6.45, 7) is 0.780. The zero-order valence-corrected chi connectivity index (χ0v) is 7.79. The molecule has 1 heteroatoms. The Morgan fingerprint density at radius 3 is 2.38 bits per heavy atom. The average Bonchev–Trinajstić information content (AvgIpc) is 2.19. The van der Waals surface area contributed by atoms with Crippen LogP contribution in [-0.2, 0) is 6.42 Å². The van der Waals surface area contributed by atoms with Crippen molar-refractivity contribution in [2.45, 2.75) is 19.3 Å². The van der Waals surface area contributed by atoms with Crippen molar-refractivity contribution in [1.29, 1.82) is 0 Å². The summed E-state index contributed by atoms with van der Waals surface area (Å²) in [5.41, 5.74) is 7.70. The molecule has 68 valence electrons. The Hall–Kier alpha value is -1.26. The summed E-state index contributed by atoms with van der Waals surface area (Å²) in [5, 5.41) is 0. The molecule has 0 unspecified atom stereocenters. The molecular formula is C12H15N. The third kappa shape index (κ3) is 3.31. The topological polar surface area (TPSA) is 26.0 Å². The summed E-state index contributed by atoms with van der Waals surface area (Å²) in [6.07, 6.45) is 8.61. The molecule has 0 radical (unpaired) electrons. The number of benzene rings is 1. The van der Waals surface area contributed by atoms with E-state index >= 15 is 0 Å². The molecule has 1 aromatic carbocycles. The monoisotopic (exact) mass is 173 g/mol. The molecule has 0 atom stereocenters. The van der Waals surface area contributed by atoms with Gasteiger partial charge in [0.2, 0.25) is 0 Å². The maximum Gasteiger partial charge on any atom is 0.0242 e. The van der Waals surface area contributed by atoms with Gasteiger partial charge in [-0.25, -0.2) is 0 Å². The molecule has 0 aliphatic heterocycles. The first-order chi connectivity index (χ1) is 6.36. The van der Waals surface area contributed by atoms with Crippen LogP contribution in [0.25, 0.3) is 0 Å². The number of terminal acetylenes is 1. The van der Waals surface area contributed by atoms with E-state index in [1.54, 1.807) is 0 Å². The molecule has 0 aliphatic carbocycles. The highest BCUT2D eigenvalue weighted by atomic mass is 14.5. The quantitative estimate of drug-likeness (QED) is 0.546. The minimum Gasteiger partial charge on any atom is -0.330 e. The van der Waals surface area contributed by atoms with Crippen molar-refractivity contribution >= 4 is 0 Å². The van der Waals surface area contributed by atoms with Crippen molar-refractivity contribution in [3.8, 4) is 12.3 Å². The second-order valence-corrected chi connectivity index (χ2v) is 3.09. The van der Waals surface area contributed by atoms with Gasteiger partial charge in [-0.3, -0.25) is 0 Å². The number of unbranched alkanes of at least 4 members (excludes halogenated alkanes) is 1. The van der Waals surface area contributed by atoms with Crippen LogP contribution >= 0.6 is 0 Å². The zero-order valence-electron chi connectivity index (χ0n) is 7.79. The van der Waals surface area contributed by atoms with Crippen molar-refractivity contribution in [3.63, 3.8) is 0 Å². The minimum absolute atomic E-state index is 0.780. The number of nitrogens with two attached hydrogens (primary N) is 1. The standard InChI is InChI=1S/C12H15N/c1-2-11-6-8-12(9-7-11)5-3-4-10-13/h1,6-9H,3-5,10,13H2. The van der Waals surface area contributed by atoms with Gasteiger partial charge in [-0.15, -0.1) is 6.42 Å². The van der Waals surface area contributed by atoms with Crippen LogP contribution in [0.2, 0.25) is 0 Å². The van der Waals surface area contributed by atoms with Crippen molar-refractivity contribution in [2.24, 2.45) is 5.73 Å². The van der Waals surface area contributed by atoms with E-state index in [-0.39, 0.29) is 0 Å². The van der Waals surface area contributed by atoms with Crippen LogP contribution in [-0.4, -0.2) is 6.54 Å². The fourth-order valence-corrected chi connectivity index (χ4v) is 1.24. The van der Waals surface area contributed by atoms with Crippen LogP contribution in [0, 0.1) is 12.3 Å². The van der Waals surface area contributed by atoms with Crippen molar-refractivity contribution in [3.05, 3.63) is 35.4 Å². The van der Waals surface area contributed by atoms with Crippen LogP contribution in [0.15, 0.2) is 24.3 Å². The number of hydrogen-bond acceptors (Lipinski definition) is 1. The lowest BCUT2D eigenvalue weighted by Crippen LogP contribution is -1.98. The summed E-state index contributed by atoms with van der Waals surface area (Å²) in [5.74, 6) is 2.60. The Morgan fingerprint density at radius 1 is 1.15 bits per heavy atom. The molecule has 0 spiro atoms. The largest absolute Gasteiger partial charge is 0.330 e. The van der Waals surface area contributed by atoms with Crippen LogP contribution in [0.1, 0.15) is 24.0 Å². The molecule has 0 fully saturated rings. The van der Waals surface area contributed by atoms with Gasteiger partial charge >= 0.3 is 0 Å². The Bertz CT molecular complexity index is 279. The lowest BCUT2D eigenvalue weighted by atomic mass is 10.1. The van der Waals surface area contributed by atoms with E-state index in [0.29, 0.717) is 0 Å². The van der Waals surface area contributed by atoms with E-state index in [2.05, 4.69) is 18.1 Å². The fourth-order valence-electron chi connectivity index (χ4n) is 1.24. The maximum atomic E-state index is 5.41. The van der Waals surface area contributed by atoms with E-state index < -0.39 is 0 Å². The summed E-state index contributed by atoms with van der Waals surface area (Å²) < 4.78 is 0. The fraction of sp³-hybridized carbons (Fsp3) is 0.333. The van der Waals surface area contributed by atoms with Gasteiger partial charge < -0.3 is 5.73 Å². The van der Waals surface area contributed by atoms with Crippen molar-refractivity contribution in [1.82, 2.24) is 0 Å².